The molecule has 0 spiro atoms. The van der Waals surface area contributed by atoms with Gasteiger partial charge in [0.05, 0.1) is 6.54 Å². The highest BCUT2D eigenvalue weighted by Crippen LogP contribution is 2.17. The van der Waals surface area contributed by atoms with E-state index in [9.17, 15) is 8.42 Å². The van der Waals surface area contributed by atoms with Gasteiger partial charge in [-0.25, -0.2) is 13.4 Å². The number of imidazole rings is 1. The predicted molar refractivity (Wildman–Crippen MR) is 86.2 cm³/mol. The number of aryl methyl sites for hydroxylation is 1. The Labute approximate surface area is 136 Å². The van der Waals surface area contributed by atoms with Gasteiger partial charge in [-0.05, 0) is 19.1 Å². The second kappa shape index (κ2) is 6.77. The van der Waals surface area contributed by atoms with Crippen LogP contribution in [0.3, 0.4) is 0 Å². The minimum Gasteiger partial charge on any atom is -0.334 e. The fourth-order valence-electron chi connectivity index (χ4n) is 2.76. The van der Waals surface area contributed by atoms with Gasteiger partial charge in [-0.1, -0.05) is 0 Å². The van der Waals surface area contributed by atoms with Crippen LogP contribution in [0.25, 0.3) is 0 Å². The molecule has 124 valence electrons. The number of nitrogens with zero attached hydrogens (tertiary/aromatic N) is 5. The quantitative estimate of drug-likeness (QED) is 0.808. The van der Waals surface area contributed by atoms with Gasteiger partial charge in [-0.2, -0.15) is 4.31 Å². The maximum absolute atomic E-state index is 12.6. The summed E-state index contributed by atoms with van der Waals surface area (Å²) in [4.78, 5) is 10.8. The zero-order valence-corrected chi connectivity index (χ0v) is 14.0. The smallest absolute Gasteiger partial charge is 0.244 e. The second-order valence-corrected chi connectivity index (χ2v) is 7.44. The molecule has 1 aliphatic rings. The SMILES string of the molecule is CCn1ccnc1CN1CCN(S(=O)(=O)c2cccnc2)CC1. The summed E-state index contributed by atoms with van der Waals surface area (Å²) in [5.74, 6) is 1.02. The Kier molecular flexibility index (Phi) is 4.74. The summed E-state index contributed by atoms with van der Waals surface area (Å²) in [5.41, 5.74) is 0. The first-order valence-corrected chi connectivity index (χ1v) is 9.18. The van der Waals surface area contributed by atoms with Crippen molar-refractivity contribution in [3.8, 4) is 0 Å². The van der Waals surface area contributed by atoms with E-state index in [0.29, 0.717) is 26.2 Å². The zero-order valence-electron chi connectivity index (χ0n) is 13.2. The molecule has 0 unspecified atom stereocenters. The van der Waals surface area contributed by atoms with E-state index in [-0.39, 0.29) is 4.90 Å². The topological polar surface area (TPSA) is 71.3 Å². The molecule has 1 fully saturated rings. The van der Waals surface area contributed by atoms with Gasteiger partial charge in [-0.3, -0.25) is 9.88 Å². The van der Waals surface area contributed by atoms with Crippen molar-refractivity contribution in [2.45, 2.75) is 24.9 Å². The lowest BCUT2D eigenvalue weighted by molar-refractivity contribution is 0.176. The van der Waals surface area contributed by atoms with Gasteiger partial charge in [0.2, 0.25) is 10.0 Å². The molecule has 23 heavy (non-hydrogen) atoms. The Balaban J connectivity index is 1.62. The molecule has 0 atom stereocenters. The van der Waals surface area contributed by atoms with E-state index in [4.69, 9.17) is 0 Å². The van der Waals surface area contributed by atoms with Crippen LogP contribution in [-0.4, -0.2) is 58.3 Å². The fraction of sp³-hybridized carbons (Fsp3) is 0.467. The van der Waals surface area contributed by atoms with Crippen molar-refractivity contribution in [3.63, 3.8) is 0 Å². The molecule has 8 heteroatoms. The minimum absolute atomic E-state index is 0.259. The van der Waals surface area contributed by atoms with Crippen molar-refractivity contribution in [2.75, 3.05) is 26.2 Å². The highest BCUT2D eigenvalue weighted by atomic mass is 32.2. The van der Waals surface area contributed by atoms with E-state index in [1.807, 2.05) is 12.4 Å². The van der Waals surface area contributed by atoms with Crippen LogP contribution in [0.1, 0.15) is 12.7 Å². The summed E-state index contributed by atoms with van der Waals surface area (Å²) < 4.78 is 28.8. The Morgan fingerprint density at radius 1 is 1.17 bits per heavy atom. The van der Waals surface area contributed by atoms with E-state index in [1.165, 1.54) is 10.5 Å². The maximum Gasteiger partial charge on any atom is 0.244 e. The molecule has 0 aliphatic carbocycles. The molecule has 3 rings (SSSR count). The monoisotopic (exact) mass is 335 g/mol. The normalized spacial score (nSPS) is 17.4. The molecule has 1 saturated heterocycles. The lowest BCUT2D eigenvalue weighted by atomic mass is 10.3. The van der Waals surface area contributed by atoms with Gasteiger partial charge in [-0.15, -0.1) is 0 Å². The van der Waals surface area contributed by atoms with Gasteiger partial charge in [0.25, 0.3) is 0 Å². The van der Waals surface area contributed by atoms with E-state index < -0.39 is 10.0 Å². The first-order valence-electron chi connectivity index (χ1n) is 7.74. The van der Waals surface area contributed by atoms with Gasteiger partial charge in [0.1, 0.15) is 10.7 Å². The molecule has 2 aromatic heterocycles. The van der Waals surface area contributed by atoms with Gasteiger partial charge >= 0.3 is 0 Å². The number of sulfonamides is 1. The molecule has 0 saturated carbocycles. The third-order valence-electron chi connectivity index (χ3n) is 4.11. The van der Waals surface area contributed by atoms with Crippen molar-refractivity contribution >= 4 is 10.0 Å². The van der Waals surface area contributed by atoms with Gasteiger partial charge in [0.15, 0.2) is 0 Å². The van der Waals surface area contributed by atoms with Crippen LogP contribution in [0.4, 0.5) is 0 Å². The number of hydrogen-bond donors (Lipinski definition) is 0. The van der Waals surface area contributed by atoms with Crippen molar-refractivity contribution in [1.29, 1.82) is 0 Å². The lowest BCUT2D eigenvalue weighted by Gasteiger charge is -2.33. The summed E-state index contributed by atoms with van der Waals surface area (Å²) in [6, 6.07) is 3.24. The Morgan fingerprint density at radius 2 is 1.96 bits per heavy atom. The van der Waals surface area contributed by atoms with Gasteiger partial charge in [0, 0.05) is 57.5 Å². The second-order valence-electron chi connectivity index (χ2n) is 5.50. The maximum atomic E-state index is 12.6. The van der Waals surface area contributed by atoms with Crippen LogP contribution in [0.2, 0.25) is 0 Å². The van der Waals surface area contributed by atoms with E-state index >= 15 is 0 Å². The third kappa shape index (κ3) is 3.44. The molecule has 0 radical (unpaired) electrons. The number of aromatic nitrogens is 3. The van der Waals surface area contributed by atoms with Crippen molar-refractivity contribution in [2.24, 2.45) is 0 Å². The average molecular weight is 335 g/mol. The van der Waals surface area contributed by atoms with Crippen molar-refractivity contribution in [1.82, 2.24) is 23.7 Å². The lowest BCUT2D eigenvalue weighted by Crippen LogP contribution is -2.48. The predicted octanol–water partition coefficient (Wildman–Crippen LogP) is 0.804. The van der Waals surface area contributed by atoms with Gasteiger partial charge < -0.3 is 4.57 Å². The minimum atomic E-state index is -3.44. The molecule has 2 aromatic rings. The average Bonchev–Trinajstić information content (AvgIpc) is 3.03. The summed E-state index contributed by atoms with van der Waals surface area (Å²) >= 11 is 0. The molecule has 0 bridgehead atoms. The first-order chi connectivity index (χ1) is 11.1. The summed E-state index contributed by atoms with van der Waals surface area (Å²) in [5, 5.41) is 0. The molecule has 0 aromatic carbocycles. The molecule has 3 heterocycles. The largest absolute Gasteiger partial charge is 0.334 e. The molecular formula is C15H21N5O2S. The Bertz CT molecular complexity index is 736. The zero-order chi connectivity index (χ0) is 16.3. The van der Waals surface area contributed by atoms with Crippen LogP contribution in [0.5, 0.6) is 0 Å². The molecule has 0 N–H and O–H groups in total. The standard InChI is InChI=1S/C15H21N5O2S/c1-2-19-7-6-17-15(19)13-18-8-10-20(11-9-18)23(21,22)14-4-3-5-16-12-14/h3-7,12H,2,8-11,13H2,1H3. The van der Waals surface area contributed by atoms with E-state index in [2.05, 4.69) is 26.4 Å². The van der Waals surface area contributed by atoms with Crippen molar-refractivity contribution in [3.05, 3.63) is 42.7 Å². The molecular weight excluding hydrogens is 314 g/mol. The third-order valence-corrected chi connectivity index (χ3v) is 5.99. The Hall–Kier alpha value is -1.77. The molecule has 1 aliphatic heterocycles. The number of piperazine rings is 1. The summed E-state index contributed by atoms with van der Waals surface area (Å²) in [6.45, 7) is 6.12. The summed E-state index contributed by atoms with van der Waals surface area (Å²) in [6.07, 6.45) is 6.76. The van der Waals surface area contributed by atoms with E-state index in [0.717, 1.165) is 18.9 Å². The Morgan fingerprint density at radius 3 is 2.61 bits per heavy atom. The van der Waals surface area contributed by atoms with Crippen LogP contribution < -0.4 is 0 Å². The highest BCUT2D eigenvalue weighted by Gasteiger charge is 2.28. The molecule has 7 nitrogen and oxygen atoms in total. The molecule has 0 amide bonds. The first kappa shape index (κ1) is 16.1. The van der Waals surface area contributed by atoms with Crippen LogP contribution in [0.15, 0.2) is 41.8 Å². The highest BCUT2D eigenvalue weighted by molar-refractivity contribution is 7.89. The number of rotatable bonds is 5. The van der Waals surface area contributed by atoms with Crippen LogP contribution >= 0.6 is 0 Å². The van der Waals surface area contributed by atoms with Crippen LogP contribution in [0, 0.1) is 0 Å². The summed E-state index contributed by atoms with van der Waals surface area (Å²) in [7, 11) is -3.44. The van der Waals surface area contributed by atoms with Crippen molar-refractivity contribution < 1.29 is 8.42 Å². The number of hydrogen-bond acceptors (Lipinski definition) is 5. The fourth-order valence-corrected chi connectivity index (χ4v) is 4.14. The van der Waals surface area contributed by atoms with E-state index in [1.54, 1.807) is 18.3 Å². The van der Waals surface area contributed by atoms with Crippen LogP contribution in [-0.2, 0) is 23.1 Å². The number of pyridine rings is 1.